The molecule has 0 amide bonds. The molecule has 0 N–H and O–H groups in total. The van der Waals surface area contributed by atoms with Gasteiger partial charge in [0.2, 0.25) is 0 Å². The third kappa shape index (κ3) is 3.00. The monoisotopic (exact) mass is 472 g/mol. The van der Waals surface area contributed by atoms with Gasteiger partial charge in [-0.15, -0.1) is 22.7 Å². The zero-order valence-electron chi connectivity index (χ0n) is 18.3. The molecule has 0 fully saturated rings. The maximum atomic E-state index is 2.40. The van der Waals surface area contributed by atoms with Crippen LogP contribution in [0.1, 0.15) is 0 Å². The molecular formula is C30H20N2S2. The summed E-state index contributed by atoms with van der Waals surface area (Å²) < 4.78 is 9.96. The van der Waals surface area contributed by atoms with Crippen LogP contribution in [0.2, 0.25) is 0 Å². The maximum Gasteiger partial charge on any atom is 0.0711 e. The predicted octanol–water partition coefficient (Wildman–Crippen LogP) is 9.13. The molecule has 0 aliphatic carbocycles. The lowest BCUT2D eigenvalue weighted by molar-refractivity contribution is 1.16. The molecule has 0 saturated heterocycles. The van der Waals surface area contributed by atoms with Gasteiger partial charge in [0.05, 0.1) is 40.9 Å². The molecule has 7 rings (SSSR count). The second-order valence-electron chi connectivity index (χ2n) is 8.24. The summed E-state index contributed by atoms with van der Waals surface area (Å²) in [4.78, 5) is 0. The molecular weight excluding hydrogens is 452 g/mol. The van der Waals surface area contributed by atoms with Gasteiger partial charge in [-0.1, -0.05) is 60.7 Å². The first-order chi connectivity index (χ1) is 16.9. The van der Waals surface area contributed by atoms with Gasteiger partial charge in [-0.05, 0) is 60.7 Å². The minimum atomic E-state index is 1.18. The van der Waals surface area contributed by atoms with Crippen LogP contribution in [-0.2, 0) is 0 Å². The molecule has 0 saturated carbocycles. The highest BCUT2D eigenvalue weighted by Gasteiger charge is 2.15. The Morgan fingerprint density at radius 2 is 0.735 bits per heavy atom. The average molecular weight is 473 g/mol. The van der Waals surface area contributed by atoms with E-state index in [9.17, 15) is 0 Å². The fraction of sp³-hybridized carbons (Fsp3) is 0. The van der Waals surface area contributed by atoms with Gasteiger partial charge in [-0.3, -0.25) is 0 Å². The van der Waals surface area contributed by atoms with E-state index in [0.717, 1.165) is 0 Å². The summed E-state index contributed by atoms with van der Waals surface area (Å²) >= 11 is 3.76. The van der Waals surface area contributed by atoms with Crippen LogP contribution < -0.4 is 0 Å². The van der Waals surface area contributed by atoms with Crippen LogP contribution in [0.15, 0.2) is 121 Å². The van der Waals surface area contributed by atoms with Gasteiger partial charge in [0.25, 0.3) is 0 Å². The summed E-state index contributed by atoms with van der Waals surface area (Å²) in [6, 6.07) is 43.3. The summed E-state index contributed by atoms with van der Waals surface area (Å²) in [5, 5.41) is 0. The molecule has 7 aromatic rings. The molecule has 0 unspecified atom stereocenters. The van der Waals surface area contributed by atoms with Crippen molar-refractivity contribution < 1.29 is 0 Å². The number of hydrogen-bond donors (Lipinski definition) is 0. The second kappa shape index (κ2) is 7.87. The van der Waals surface area contributed by atoms with Crippen LogP contribution in [0.25, 0.3) is 52.2 Å². The van der Waals surface area contributed by atoms with Gasteiger partial charge in [0, 0.05) is 11.4 Å². The van der Waals surface area contributed by atoms with Crippen LogP contribution in [0.4, 0.5) is 0 Å². The van der Waals surface area contributed by atoms with E-state index in [4.69, 9.17) is 0 Å². The van der Waals surface area contributed by atoms with Crippen LogP contribution in [0.3, 0.4) is 0 Å². The number of nitrogens with zero attached hydrogens (tertiary/aromatic N) is 2. The van der Waals surface area contributed by atoms with Crippen molar-refractivity contribution in [3.8, 4) is 11.4 Å². The molecule has 0 atom stereocenters. The van der Waals surface area contributed by atoms with Crippen molar-refractivity contribution in [2.24, 2.45) is 0 Å². The summed E-state index contributed by atoms with van der Waals surface area (Å²) in [6.07, 6.45) is 0. The van der Waals surface area contributed by atoms with Crippen molar-refractivity contribution >= 4 is 63.5 Å². The van der Waals surface area contributed by atoms with Crippen molar-refractivity contribution in [1.82, 2.24) is 9.13 Å². The topological polar surface area (TPSA) is 9.86 Å². The van der Waals surface area contributed by atoms with Gasteiger partial charge in [-0.25, -0.2) is 0 Å². The van der Waals surface area contributed by atoms with E-state index in [2.05, 4.69) is 130 Å². The maximum absolute atomic E-state index is 2.40. The predicted molar refractivity (Wildman–Crippen MR) is 149 cm³/mol. The van der Waals surface area contributed by atoms with E-state index in [1.54, 1.807) is 0 Å². The first kappa shape index (κ1) is 19.6. The minimum Gasteiger partial charge on any atom is -0.308 e. The molecule has 2 heterocycles. The largest absolute Gasteiger partial charge is 0.308 e. The second-order valence-corrected chi connectivity index (χ2v) is 10.3. The molecule has 34 heavy (non-hydrogen) atoms. The molecule has 0 spiro atoms. The Balaban J connectivity index is 1.71. The molecule has 0 aliphatic heterocycles. The Bertz CT molecular complexity index is 1710. The molecule has 162 valence electrons. The fourth-order valence-corrected chi connectivity index (χ4v) is 7.17. The summed E-state index contributed by atoms with van der Waals surface area (Å²) in [5.41, 5.74) is 7.27. The van der Waals surface area contributed by atoms with Gasteiger partial charge < -0.3 is 9.13 Å². The van der Waals surface area contributed by atoms with Crippen molar-refractivity contribution in [2.75, 3.05) is 0 Å². The average Bonchev–Trinajstić information content (AvgIpc) is 2.91. The SMILES string of the molecule is c1ccc(-n2c3ccccc3sc3c4sc5ccccc5n(-c5ccccc5)c4ccc32)cc1. The highest BCUT2D eigenvalue weighted by molar-refractivity contribution is 7.32. The number of aromatic nitrogens is 2. The summed E-state index contributed by atoms with van der Waals surface area (Å²) in [6.45, 7) is 0. The third-order valence-electron chi connectivity index (χ3n) is 6.22. The Labute approximate surface area is 204 Å². The van der Waals surface area contributed by atoms with Crippen LogP contribution in [0.5, 0.6) is 0 Å². The van der Waals surface area contributed by atoms with Crippen molar-refractivity contribution in [3.63, 3.8) is 0 Å². The zero-order chi connectivity index (χ0) is 22.5. The molecule has 0 aliphatic rings. The molecule has 4 heteroatoms. The lowest BCUT2D eigenvalue weighted by Gasteiger charge is -2.19. The van der Waals surface area contributed by atoms with E-state index in [-0.39, 0.29) is 0 Å². The summed E-state index contributed by atoms with van der Waals surface area (Å²) in [5.74, 6) is 0. The highest BCUT2D eigenvalue weighted by Crippen LogP contribution is 2.40. The Hall–Kier alpha value is -3.86. The van der Waals surface area contributed by atoms with Gasteiger partial charge in [-0.2, -0.15) is 0 Å². The lowest BCUT2D eigenvalue weighted by atomic mass is 10.2. The van der Waals surface area contributed by atoms with Crippen molar-refractivity contribution in [2.45, 2.75) is 0 Å². The Morgan fingerprint density at radius 1 is 0.353 bits per heavy atom. The van der Waals surface area contributed by atoms with E-state index in [1.165, 1.54) is 52.2 Å². The number of hydrogen-bond acceptors (Lipinski definition) is 2. The first-order valence-electron chi connectivity index (χ1n) is 11.3. The van der Waals surface area contributed by atoms with Gasteiger partial charge in [0.15, 0.2) is 0 Å². The third-order valence-corrected chi connectivity index (χ3v) is 8.71. The minimum absolute atomic E-state index is 1.18. The van der Waals surface area contributed by atoms with E-state index >= 15 is 0 Å². The highest BCUT2D eigenvalue weighted by atomic mass is 32.1. The lowest BCUT2D eigenvalue weighted by Crippen LogP contribution is -2.01. The molecule has 2 nitrogen and oxygen atoms in total. The summed E-state index contributed by atoms with van der Waals surface area (Å²) in [7, 11) is 0. The Kier molecular flexibility index (Phi) is 4.54. The normalized spacial score (nSPS) is 11.5. The smallest absolute Gasteiger partial charge is 0.0711 e. The zero-order valence-corrected chi connectivity index (χ0v) is 19.9. The van der Waals surface area contributed by atoms with Gasteiger partial charge in [0.1, 0.15) is 0 Å². The quantitative estimate of drug-likeness (QED) is 0.175. The van der Waals surface area contributed by atoms with E-state index in [0.29, 0.717) is 0 Å². The number of fused-ring (bicyclic) bond motifs is 5. The Morgan fingerprint density at radius 3 is 1.18 bits per heavy atom. The van der Waals surface area contributed by atoms with Crippen LogP contribution >= 0.6 is 22.7 Å². The molecule has 0 radical (unpaired) electrons. The molecule has 5 aromatic carbocycles. The van der Waals surface area contributed by atoms with Crippen LogP contribution in [0, 0.1) is 0 Å². The van der Waals surface area contributed by atoms with Crippen molar-refractivity contribution in [3.05, 3.63) is 121 Å². The number of para-hydroxylation sites is 4. The van der Waals surface area contributed by atoms with E-state index in [1.807, 2.05) is 22.7 Å². The molecule has 0 bridgehead atoms. The van der Waals surface area contributed by atoms with Crippen molar-refractivity contribution in [1.29, 1.82) is 0 Å². The number of benzene rings is 5. The standard InChI is InChI=1S/C30H20N2S2/c1-3-11-21(12-4-1)31-23-15-7-9-17-27(23)33-29-25(31)19-20-26-30(29)34-28-18-10-8-16-24(28)32(26)22-13-5-2-6-14-22/h1-20H. The van der Waals surface area contributed by atoms with Crippen LogP contribution in [-0.4, -0.2) is 9.13 Å². The van der Waals surface area contributed by atoms with Gasteiger partial charge >= 0.3 is 0 Å². The van der Waals surface area contributed by atoms with E-state index < -0.39 is 0 Å². The number of rotatable bonds is 2. The molecule has 2 aromatic heterocycles. The first-order valence-corrected chi connectivity index (χ1v) is 12.9. The fourth-order valence-electron chi connectivity index (χ4n) is 4.74.